The maximum absolute atomic E-state index is 12.9. The van der Waals surface area contributed by atoms with Gasteiger partial charge in [-0.15, -0.1) is 0 Å². The van der Waals surface area contributed by atoms with Gasteiger partial charge in [-0.25, -0.2) is 4.99 Å². The number of hydrogen-bond donors (Lipinski definition) is 1. The Morgan fingerprint density at radius 2 is 2.00 bits per heavy atom. The predicted octanol–water partition coefficient (Wildman–Crippen LogP) is 4.34. The lowest BCUT2D eigenvalue weighted by molar-refractivity contribution is -0.137. The molecule has 0 aliphatic heterocycles. The second-order valence-corrected chi connectivity index (χ2v) is 6.73. The number of aliphatic imine (C=N–C) groups is 1. The third kappa shape index (κ3) is 4.48. The minimum atomic E-state index is -4.48. The van der Waals surface area contributed by atoms with Crippen LogP contribution in [0.1, 0.15) is 39.5 Å². The van der Waals surface area contributed by atoms with Crippen LogP contribution in [0.5, 0.6) is 0 Å². The summed E-state index contributed by atoms with van der Waals surface area (Å²) in [6.07, 6.45) is -1.27. The van der Waals surface area contributed by atoms with E-state index in [-0.39, 0.29) is 11.6 Å². The van der Waals surface area contributed by atoms with Crippen LogP contribution in [0.15, 0.2) is 47.5 Å². The quantitative estimate of drug-likeness (QED) is 0.638. The Morgan fingerprint density at radius 1 is 1.22 bits per heavy atom. The molecule has 0 saturated carbocycles. The van der Waals surface area contributed by atoms with E-state index in [9.17, 15) is 18.0 Å². The first-order valence-corrected chi connectivity index (χ1v) is 8.55. The van der Waals surface area contributed by atoms with E-state index in [0.717, 1.165) is 35.4 Å². The van der Waals surface area contributed by atoms with E-state index in [2.05, 4.69) is 10.3 Å². The van der Waals surface area contributed by atoms with Gasteiger partial charge < -0.3 is 10.2 Å². The number of rotatable bonds is 4. The number of amides is 1. The largest absolute Gasteiger partial charge is 0.416 e. The summed E-state index contributed by atoms with van der Waals surface area (Å²) in [6, 6.07) is 10.0. The average molecular weight is 375 g/mol. The Morgan fingerprint density at radius 3 is 2.70 bits per heavy atom. The number of nitrogens with one attached hydrogen (secondary N) is 1. The van der Waals surface area contributed by atoms with Gasteiger partial charge in [-0.05, 0) is 54.3 Å². The van der Waals surface area contributed by atoms with Crippen molar-refractivity contribution in [3.63, 3.8) is 0 Å². The van der Waals surface area contributed by atoms with Crippen LogP contribution < -0.4 is 5.32 Å². The molecular weight excluding hydrogens is 355 g/mol. The van der Waals surface area contributed by atoms with Crippen molar-refractivity contribution >= 4 is 17.9 Å². The summed E-state index contributed by atoms with van der Waals surface area (Å²) in [6.45, 7) is 0. The lowest BCUT2D eigenvalue weighted by Gasteiger charge is -2.15. The first kappa shape index (κ1) is 18.9. The van der Waals surface area contributed by atoms with Crippen LogP contribution in [0.25, 0.3) is 0 Å². The van der Waals surface area contributed by atoms with Crippen molar-refractivity contribution in [2.75, 3.05) is 14.1 Å². The molecule has 4 nitrogen and oxygen atoms in total. The minimum absolute atomic E-state index is 0.0000539. The molecule has 2 aromatic carbocycles. The molecule has 3 rings (SSSR count). The molecule has 27 heavy (non-hydrogen) atoms. The van der Waals surface area contributed by atoms with Crippen molar-refractivity contribution in [2.24, 2.45) is 4.99 Å². The summed E-state index contributed by atoms with van der Waals surface area (Å²) in [5, 5.41) is 2.85. The molecule has 0 aromatic heterocycles. The van der Waals surface area contributed by atoms with Gasteiger partial charge in [-0.2, -0.15) is 13.2 Å². The highest BCUT2D eigenvalue weighted by Gasteiger charge is 2.31. The van der Waals surface area contributed by atoms with Crippen LogP contribution in [0, 0.1) is 0 Å². The summed E-state index contributed by atoms with van der Waals surface area (Å²) in [5.41, 5.74) is 2.02. The maximum Gasteiger partial charge on any atom is 0.416 e. The number of hydrogen-bond acceptors (Lipinski definition) is 2. The topological polar surface area (TPSA) is 44.7 Å². The van der Waals surface area contributed by atoms with Gasteiger partial charge in [-0.1, -0.05) is 12.1 Å². The fourth-order valence-electron chi connectivity index (χ4n) is 3.08. The van der Waals surface area contributed by atoms with Gasteiger partial charge in [0.25, 0.3) is 5.91 Å². The van der Waals surface area contributed by atoms with Crippen molar-refractivity contribution in [2.45, 2.75) is 25.1 Å². The number of halogens is 3. The normalized spacial score (nSPS) is 16.4. The van der Waals surface area contributed by atoms with E-state index < -0.39 is 17.6 Å². The van der Waals surface area contributed by atoms with Gasteiger partial charge in [0.1, 0.15) is 0 Å². The molecule has 1 atom stereocenters. The first-order chi connectivity index (χ1) is 12.7. The number of alkyl halides is 3. The summed E-state index contributed by atoms with van der Waals surface area (Å²) in [7, 11) is 3.74. The summed E-state index contributed by atoms with van der Waals surface area (Å²) in [5.74, 6) is -0.513. The van der Waals surface area contributed by atoms with Crippen LogP contribution >= 0.6 is 0 Å². The standard InChI is InChI=1S/C20H20F3N3O/c1-26(2)12-24-16-8-6-13-7-9-18(17(13)11-16)25-19(27)14-4-3-5-15(10-14)20(21,22)23/h3-6,8,10-12,18H,7,9H2,1-2H3,(H,25,27). The molecule has 7 heteroatoms. The SMILES string of the molecule is CN(C)C=Nc1ccc2c(c1)C(NC(=O)c1cccc(C(F)(F)F)c1)CC2. The van der Waals surface area contributed by atoms with Crippen molar-refractivity contribution in [1.29, 1.82) is 0 Å². The maximum atomic E-state index is 12.9. The van der Waals surface area contributed by atoms with E-state index >= 15 is 0 Å². The van der Waals surface area contributed by atoms with Gasteiger partial charge in [0.15, 0.2) is 0 Å². The van der Waals surface area contributed by atoms with E-state index in [1.165, 1.54) is 12.1 Å². The Balaban J connectivity index is 1.79. The van der Waals surface area contributed by atoms with Gasteiger partial charge in [0, 0.05) is 19.7 Å². The molecule has 0 heterocycles. The van der Waals surface area contributed by atoms with Crippen molar-refractivity contribution < 1.29 is 18.0 Å². The zero-order valence-electron chi connectivity index (χ0n) is 15.0. The molecule has 1 N–H and O–H groups in total. The number of benzene rings is 2. The Labute approximate surface area is 155 Å². The number of fused-ring (bicyclic) bond motifs is 1. The monoisotopic (exact) mass is 375 g/mol. The highest BCUT2D eigenvalue weighted by molar-refractivity contribution is 5.94. The smallest absolute Gasteiger partial charge is 0.369 e. The minimum Gasteiger partial charge on any atom is -0.369 e. The molecule has 0 saturated heterocycles. The zero-order valence-corrected chi connectivity index (χ0v) is 15.0. The molecule has 1 aliphatic rings. The summed E-state index contributed by atoms with van der Waals surface area (Å²) in [4.78, 5) is 18.7. The second kappa shape index (κ2) is 7.42. The molecule has 0 spiro atoms. The zero-order chi connectivity index (χ0) is 19.6. The van der Waals surface area contributed by atoms with Gasteiger partial charge >= 0.3 is 6.18 Å². The third-order valence-electron chi connectivity index (χ3n) is 4.40. The van der Waals surface area contributed by atoms with Gasteiger partial charge in [-0.3, -0.25) is 4.79 Å². The highest BCUT2D eigenvalue weighted by atomic mass is 19.4. The van der Waals surface area contributed by atoms with Crippen molar-refractivity contribution in [3.05, 3.63) is 64.7 Å². The van der Waals surface area contributed by atoms with Crippen LogP contribution in [0.4, 0.5) is 18.9 Å². The molecule has 1 amide bonds. The molecule has 2 aromatic rings. The van der Waals surface area contributed by atoms with E-state index in [1.807, 2.05) is 37.2 Å². The van der Waals surface area contributed by atoms with Crippen LogP contribution in [0.3, 0.4) is 0 Å². The molecular formula is C20H20F3N3O. The van der Waals surface area contributed by atoms with Crippen molar-refractivity contribution in [1.82, 2.24) is 10.2 Å². The number of nitrogens with zero attached hydrogens (tertiary/aromatic N) is 2. The highest BCUT2D eigenvalue weighted by Crippen LogP contribution is 2.34. The van der Waals surface area contributed by atoms with Crippen LogP contribution in [0.2, 0.25) is 0 Å². The van der Waals surface area contributed by atoms with E-state index in [1.54, 1.807) is 6.34 Å². The molecule has 0 radical (unpaired) electrons. The Bertz CT molecular complexity index is 875. The first-order valence-electron chi connectivity index (χ1n) is 8.55. The van der Waals surface area contributed by atoms with Crippen LogP contribution in [-0.4, -0.2) is 31.2 Å². The second-order valence-electron chi connectivity index (χ2n) is 6.73. The third-order valence-corrected chi connectivity index (χ3v) is 4.40. The van der Waals surface area contributed by atoms with Crippen molar-refractivity contribution in [3.8, 4) is 0 Å². The fourth-order valence-corrected chi connectivity index (χ4v) is 3.08. The Hall–Kier alpha value is -2.83. The number of aryl methyl sites for hydroxylation is 1. The summed E-state index contributed by atoms with van der Waals surface area (Å²) < 4.78 is 38.6. The lowest BCUT2D eigenvalue weighted by Crippen LogP contribution is -2.27. The number of carbonyl (C=O) groups is 1. The molecule has 1 unspecified atom stereocenters. The Kier molecular flexibility index (Phi) is 5.21. The van der Waals surface area contributed by atoms with Crippen LogP contribution in [-0.2, 0) is 12.6 Å². The van der Waals surface area contributed by atoms with E-state index in [0.29, 0.717) is 6.42 Å². The van der Waals surface area contributed by atoms with E-state index in [4.69, 9.17) is 0 Å². The average Bonchev–Trinajstić information content (AvgIpc) is 3.01. The lowest BCUT2D eigenvalue weighted by atomic mass is 10.1. The number of carbonyl (C=O) groups excluding carboxylic acids is 1. The molecule has 1 aliphatic carbocycles. The fraction of sp³-hybridized carbons (Fsp3) is 0.300. The molecule has 0 fully saturated rings. The molecule has 0 bridgehead atoms. The summed E-state index contributed by atoms with van der Waals surface area (Å²) >= 11 is 0. The molecule has 142 valence electrons. The van der Waals surface area contributed by atoms with Gasteiger partial charge in [0.2, 0.25) is 0 Å². The van der Waals surface area contributed by atoms with Gasteiger partial charge in [0.05, 0.1) is 23.6 Å². The predicted molar refractivity (Wildman–Crippen MR) is 98.3 cm³/mol.